The summed E-state index contributed by atoms with van der Waals surface area (Å²) in [7, 11) is 1.57. The first-order valence-electron chi connectivity index (χ1n) is 8.03. The quantitative estimate of drug-likeness (QED) is 0.565. The van der Waals surface area contributed by atoms with Crippen LogP contribution in [0.2, 0.25) is 0 Å². The van der Waals surface area contributed by atoms with Gasteiger partial charge in [0, 0.05) is 10.8 Å². The Morgan fingerprint density at radius 1 is 1.30 bits per heavy atom. The number of alkyl halides is 1. The molecule has 0 bridgehead atoms. The van der Waals surface area contributed by atoms with Crippen molar-refractivity contribution >= 4 is 27.1 Å². The number of fused-ring (bicyclic) bond motifs is 1. The van der Waals surface area contributed by atoms with Crippen LogP contribution in [0.3, 0.4) is 0 Å². The fraction of sp³-hybridized carbons (Fsp3) is 0.176. The fourth-order valence-electron chi connectivity index (χ4n) is 2.76. The van der Waals surface area contributed by atoms with Crippen LogP contribution in [0.4, 0.5) is 9.39 Å². The van der Waals surface area contributed by atoms with E-state index >= 15 is 0 Å². The van der Waals surface area contributed by atoms with Crippen LogP contribution in [-0.4, -0.2) is 38.6 Å². The highest BCUT2D eigenvalue weighted by atomic mass is 32.1. The molecule has 8 nitrogen and oxygen atoms in total. The Balaban J connectivity index is 1.95. The van der Waals surface area contributed by atoms with Crippen LogP contribution < -0.4 is 16.0 Å². The number of benzene rings is 1. The lowest BCUT2D eigenvalue weighted by atomic mass is 10.2. The monoisotopic (exact) mass is 386 g/mol. The van der Waals surface area contributed by atoms with Gasteiger partial charge < -0.3 is 10.5 Å². The van der Waals surface area contributed by atoms with Gasteiger partial charge in [-0.2, -0.15) is 9.78 Å². The zero-order valence-corrected chi connectivity index (χ0v) is 15.1. The summed E-state index contributed by atoms with van der Waals surface area (Å²) in [6, 6.07) is 6.93. The number of rotatable bonds is 5. The third kappa shape index (κ3) is 2.93. The second kappa shape index (κ2) is 6.80. The number of nitrogens with two attached hydrogens (primary N) is 1. The number of ether oxygens (including phenoxy) is 1. The van der Waals surface area contributed by atoms with Crippen molar-refractivity contribution < 1.29 is 9.13 Å². The molecular formula is C17H15FN6O2S. The third-order valence-corrected chi connectivity index (χ3v) is 4.90. The average Bonchev–Trinajstić information content (AvgIpc) is 3.30. The lowest BCUT2D eigenvalue weighted by Gasteiger charge is -2.09. The molecule has 0 atom stereocenters. The summed E-state index contributed by atoms with van der Waals surface area (Å²) in [5, 5.41) is 15.6. The summed E-state index contributed by atoms with van der Waals surface area (Å²) >= 11 is 1.26. The second-order valence-corrected chi connectivity index (χ2v) is 6.62. The average molecular weight is 386 g/mol. The summed E-state index contributed by atoms with van der Waals surface area (Å²) in [5.74, 6) is 0.664. The number of nitrogens with zero attached hydrogens (tertiary/aromatic N) is 5. The highest BCUT2D eigenvalue weighted by molar-refractivity contribution is 7.15. The molecule has 3 heterocycles. The maximum absolute atomic E-state index is 13.0. The molecule has 0 aliphatic carbocycles. The Morgan fingerprint density at radius 3 is 2.78 bits per heavy atom. The molecule has 2 N–H and O–H groups in total. The van der Waals surface area contributed by atoms with Crippen molar-refractivity contribution in [2.45, 2.75) is 6.54 Å². The smallest absolute Gasteiger partial charge is 0.282 e. The number of aryl methyl sites for hydroxylation is 1. The molecule has 0 unspecified atom stereocenters. The van der Waals surface area contributed by atoms with Crippen molar-refractivity contribution in [2.24, 2.45) is 0 Å². The number of aromatic nitrogens is 5. The van der Waals surface area contributed by atoms with Crippen molar-refractivity contribution in [1.82, 2.24) is 24.8 Å². The number of hydrogen-bond donors (Lipinski definition) is 1. The maximum atomic E-state index is 13.0. The van der Waals surface area contributed by atoms with Crippen molar-refractivity contribution in [1.29, 1.82) is 0 Å². The van der Waals surface area contributed by atoms with Crippen LogP contribution in [0.25, 0.3) is 27.8 Å². The van der Waals surface area contributed by atoms with E-state index in [1.54, 1.807) is 43.0 Å². The Hall–Kier alpha value is -3.27. The Morgan fingerprint density at radius 2 is 2.07 bits per heavy atom. The van der Waals surface area contributed by atoms with Gasteiger partial charge in [0.25, 0.3) is 5.56 Å². The molecule has 0 aliphatic rings. The van der Waals surface area contributed by atoms with Crippen LogP contribution in [-0.2, 0) is 6.54 Å². The molecule has 0 saturated carbocycles. The molecule has 0 fully saturated rings. The van der Waals surface area contributed by atoms with Crippen LogP contribution in [0.15, 0.2) is 40.6 Å². The SMILES string of the molecule is COc1ccc(-n2nc(-c3cn(CCF)nn3)c3csc(N)c3c2=O)cc1. The molecule has 0 spiro atoms. The molecule has 3 aromatic heterocycles. The van der Waals surface area contributed by atoms with Crippen molar-refractivity contribution in [3.63, 3.8) is 0 Å². The molecule has 0 radical (unpaired) electrons. The maximum Gasteiger partial charge on any atom is 0.282 e. The molecule has 0 saturated heterocycles. The Bertz CT molecular complexity index is 1160. The summed E-state index contributed by atoms with van der Waals surface area (Å²) < 4.78 is 20.4. The topological polar surface area (TPSA) is 101 Å². The number of hydrogen-bond acceptors (Lipinski definition) is 7. The Kier molecular flexibility index (Phi) is 4.32. The largest absolute Gasteiger partial charge is 0.497 e. The summed E-state index contributed by atoms with van der Waals surface area (Å²) in [6.45, 7) is -0.456. The number of methoxy groups -OCH3 is 1. The standard InChI is InChI=1S/C17H15FN6O2S/c1-26-11-4-2-10(3-5-11)24-17(25)14-12(9-27-16(14)19)15(21-24)13-8-23(7-6-18)22-20-13/h2-5,8-9H,6-7,19H2,1H3. The van der Waals surface area contributed by atoms with Crippen molar-refractivity contribution in [3.8, 4) is 22.8 Å². The molecule has 4 rings (SSSR count). The van der Waals surface area contributed by atoms with Gasteiger partial charge in [0.2, 0.25) is 0 Å². The van der Waals surface area contributed by atoms with E-state index in [0.717, 1.165) is 0 Å². The minimum atomic E-state index is -0.553. The van der Waals surface area contributed by atoms with E-state index in [9.17, 15) is 9.18 Å². The second-order valence-electron chi connectivity index (χ2n) is 5.71. The normalized spacial score (nSPS) is 11.2. The van der Waals surface area contributed by atoms with E-state index in [0.29, 0.717) is 38.6 Å². The lowest BCUT2D eigenvalue weighted by molar-refractivity contribution is 0.414. The lowest BCUT2D eigenvalue weighted by Crippen LogP contribution is -2.22. The van der Waals surface area contributed by atoms with Gasteiger partial charge in [-0.3, -0.25) is 4.79 Å². The zero-order valence-electron chi connectivity index (χ0n) is 14.3. The molecule has 0 amide bonds. The van der Waals surface area contributed by atoms with Gasteiger partial charge in [0.15, 0.2) is 0 Å². The number of thiophene rings is 1. The number of nitrogen functional groups attached to an aromatic ring is 1. The van der Waals surface area contributed by atoms with E-state index in [4.69, 9.17) is 10.5 Å². The van der Waals surface area contributed by atoms with Gasteiger partial charge in [0.1, 0.15) is 23.8 Å². The molecule has 1 aromatic carbocycles. The van der Waals surface area contributed by atoms with Gasteiger partial charge in [-0.05, 0) is 24.3 Å². The highest BCUT2D eigenvalue weighted by Crippen LogP contribution is 2.31. The Labute approximate surface area is 156 Å². The molecular weight excluding hydrogens is 371 g/mol. The predicted octanol–water partition coefficient (Wildman–Crippen LogP) is 2.27. The van der Waals surface area contributed by atoms with Crippen LogP contribution >= 0.6 is 11.3 Å². The molecule has 27 heavy (non-hydrogen) atoms. The third-order valence-electron chi connectivity index (χ3n) is 4.09. The first-order valence-corrected chi connectivity index (χ1v) is 8.91. The van der Waals surface area contributed by atoms with E-state index < -0.39 is 6.67 Å². The number of anilines is 1. The van der Waals surface area contributed by atoms with Crippen LogP contribution in [0, 0.1) is 0 Å². The van der Waals surface area contributed by atoms with E-state index in [2.05, 4.69) is 15.4 Å². The molecule has 138 valence electrons. The summed E-state index contributed by atoms with van der Waals surface area (Å²) in [5.41, 5.74) is 7.17. The first-order chi connectivity index (χ1) is 13.1. The van der Waals surface area contributed by atoms with Gasteiger partial charge in [-0.25, -0.2) is 9.07 Å². The molecule has 10 heteroatoms. The minimum absolute atomic E-state index is 0.0973. The molecule has 4 aromatic rings. The summed E-state index contributed by atoms with van der Waals surface area (Å²) in [4.78, 5) is 13.0. The van der Waals surface area contributed by atoms with Gasteiger partial charge >= 0.3 is 0 Å². The van der Waals surface area contributed by atoms with Gasteiger partial charge in [-0.15, -0.1) is 16.4 Å². The van der Waals surface area contributed by atoms with Gasteiger partial charge in [0.05, 0.1) is 35.9 Å². The first kappa shape index (κ1) is 17.2. The summed E-state index contributed by atoms with van der Waals surface area (Å²) in [6.07, 6.45) is 1.60. The minimum Gasteiger partial charge on any atom is -0.497 e. The van der Waals surface area contributed by atoms with Gasteiger partial charge in [-0.1, -0.05) is 5.21 Å². The zero-order chi connectivity index (χ0) is 19.0. The highest BCUT2D eigenvalue weighted by Gasteiger charge is 2.19. The van der Waals surface area contributed by atoms with Crippen LogP contribution in [0.5, 0.6) is 5.75 Å². The predicted molar refractivity (Wildman–Crippen MR) is 101 cm³/mol. The van der Waals surface area contributed by atoms with E-state index in [1.807, 2.05) is 0 Å². The van der Waals surface area contributed by atoms with Crippen molar-refractivity contribution in [3.05, 3.63) is 46.2 Å². The van der Waals surface area contributed by atoms with Crippen LogP contribution in [0.1, 0.15) is 0 Å². The van der Waals surface area contributed by atoms with E-state index in [-0.39, 0.29) is 12.1 Å². The number of halogens is 1. The van der Waals surface area contributed by atoms with E-state index in [1.165, 1.54) is 20.7 Å². The van der Waals surface area contributed by atoms with Crippen molar-refractivity contribution in [2.75, 3.05) is 19.5 Å². The molecule has 0 aliphatic heterocycles. The fourth-order valence-corrected chi connectivity index (χ4v) is 3.55.